The minimum absolute atomic E-state index is 0.105. The van der Waals surface area contributed by atoms with E-state index >= 15 is 0 Å². The number of hydrogen-bond donors (Lipinski definition) is 1. The molecule has 0 aliphatic heterocycles. The normalized spacial score (nSPS) is 10.9. The molecule has 33 heavy (non-hydrogen) atoms. The van der Waals surface area contributed by atoms with Gasteiger partial charge in [0.25, 0.3) is 0 Å². The molecule has 0 saturated heterocycles. The second-order valence-corrected chi connectivity index (χ2v) is 7.34. The number of nitriles is 1. The van der Waals surface area contributed by atoms with E-state index in [0.29, 0.717) is 39.4 Å². The van der Waals surface area contributed by atoms with Crippen LogP contribution in [0, 0.1) is 11.3 Å². The summed E-state index contributed by atoms with van der Waals surface area (Å²) in [7, 11) is 3.17. The van der Waals surface area contributed by atoms with Crippen molar-refractivity contribution < 1.29 is 13.9 Å². The van der Waals surface area contributed by atoms with E-state index in [1.807, 2.05) is 24.3 Å². The summed E-state index contributed by atoms with van der Waals surface area (Å²) in [5, 5.41) is 15.1. The Balaban J connectivity index is 1.76. The van der Waals surface area contributed by atoms with E-state index in [9.17, 15) is 10.1 Å². The van der Waals surface area contributed by atoms with E-state index in [1.165, 1.54) is 4.52 Å². The topological polar surface area (TPSA) is 116 Å². The number of hydrogen-bond acceptors (Lipinski definition) is 7. The van der Waals surface area contributed by atoms with Crippen molar-refractivity contribution in [1.29, 1.82) is 5.26 Å². The second-order valence-electron chi connectivity index (χ2n) is 7.34. The van der Waals surface area contributed by atoms with Gasteiger partial charge >= 0.3 is 5.63 Å². The molecule has 3 heterocycles. The zero-order valence-corrected chi connectivity index (χ0v) is 17.8. The number of nitrogens with two attached hydrogens (primary N) is 1. The van der Waals surface area contributed by atoms with Gasteiger partial charge in [-0.3, -0.25) is 0 Å². The summed E-state index contributed by atoms with van der Waals surface area (Å²) in [4.78, 5) is 12.9. The Kier molecular flexibility index (Phi) is 4.72. The predicted octanol–water partition coefficient (Wildman–Crippen LogP) is 4.25. The van der Waals surface area contributed by atoms with Crippen LogP contribution in [0.5, 0.6) is 11.5 Å². The molecule has 8 nitrogen and oxygen atoms in total. The molecular weight excluding hydrogens is 420 g/mol. The van der Waals surface area contributed by atoms with Crippen molar-refractivity contribution in [2.24, 2.45) is 0 Å². The number of nitrogens with zero attached hydrogens (tertiary/aromatic N) is 3. The summed E-state index contributed by atoms with van der Waals surface area (Å²) in [6.07, 6.45) is 0. The van der Waals surface area contributed by atoms with Crippen LogP contribution in [0.15, 0.2) is 69.9 Å². The van der Waals surface area contributed by atoms with Crippen molar-refractivity contribution in [3.8, 4) is 40.1 Å². The van der Waals surface area contributed by atoms with Gasteiger partial charge in [0.05, 0.1) is 31.0 Å². The number of fused-ring (bicyclic) bond motifs is 2. The maximum atomic E-state index is 12.9. The highest BCUT2D eigenvalue weighted by molar-refractivity contribution is 6.00. The number of nitrogen functional groups attached to an aromatic ring is 1. The van der Waals surface area contributed by atoms with Crippen LogP contribution in [0.4, 0.5) is 5.82 Å². The summed E-state index contributed by atoms with van der Waals surface area (Å²) in [6, 6.07) is 20.1. The average Bonchev–Trinajstić information content (AvgIpc) is 3.30. The van der Waals surface area contributed by atoms with Gasteiger partial charge in [-0.1, -0.05) is 0 Å². The summed E-state index contributed by atoms with van der Waals surface area (Å²) >= 11 is 0. The van der Waals surface area contributed by atoms with Gasteiger partial charge in [0.15, 0.2) is 0 Å². The molecule has 0 amide bonds. The molecule has 0 aliphatic rings. The molecule has 0 spiro atoms. The maximum Gasteiger partial charge on any atom is 0.347 e. The van der Waals surface area contributed by atoms with Gasteiger partial charge in [-0.05, 0) is 60.7 Å². The molecule has 0 saturated carbocycles. The van der Waals surface area contributed by atoms with E-state index < -0.39 is 5.63 Å². The molecule has 3 aromatic heterocycles. The first-order valence-corrected chi connectivity index (χ1v) is 10.0. The molecule has 2 N–H and O–H groups in total. The molecule has 0 aliphatic carbocycles. The van der Waals surface area contributed by atoms with Gasteiger partial charge in [-0.2, -0.15) is 10.4 Å². The highest BCUT2D eigenvalue weighted by Gasteiger charge is 2.20. The third kappa shape index (κ3) is 3.23. The Morgan fingerprint density at radius 2 is 1.58 bits per heavy atom. The van der Waals surface area contributed by atoms with Crippen LogP contribution in [0.25, 0.3) is 38.9 Å². The summed E-state index contributed by atoms with van der Waals surface area (Å²) in [5.41, 5.74) is 8.58. The predicted molar refractivity (Wildman–Crippen MR) is 124 cm³/mol. The number of pyridine rings is 1. The van der Waals surface area contributed by atoms with Gasteiger partial charge in [0.2, 0.25) is 0 Å². The maximum absolute atomic E-state index is 12.9. The van der Waals surface area contributed by atoms with E-state index in [-0.39, 0.29) is 16.8 Å². The Morgan fingerprint density at radius 1 is 0.970 bits per heavy atom. The summed E-state index contributed by atoms with van der Waals surface area (Å²) < 4.78 is 17.4. The first-order valence-electron chi connectivity index (χ1n) is 10.0. The number of anilines is 1. The third-order valence-electron chi connectivity index (χ3n) is 5.54. The standard InChI is InChI=1S/C25H18N4O4/c1-31-16-7-3-14(4-8-16)20-12-21-19(13-26)18-11-22(15-5-9-17(32-2)10-6-15)33-25(30)23(18)24(27)29(21)28-20/h3-12H,27H2,1-2H3. The quantitative estimate of drug-likeness (QED) is 0.446. The van der Waals surface area contributed by atoms with E-state index in [4.69, 9.17) is 19.6 Å². The first kappa shape index (κ1) is 20.2. The van der Waals surface area contributed by atoms with Crippen LogP contribution < -0.4 is 20.8 Å². The number of aromatic nitrogens is 2. The minimum Gasteiger partial charge on any atom is -0.497 e. The molecule has 0 fully saturated rings. The van der Waals surface area contributed by atoms with Gasteiger partial charge in [0, 0.05) is 16.5 Å². The molecule has 0 unspecified atom stereocenters. The summed E-state index contributed by atoms with van der Waals surface area (Å²) in [6.45, 7) is 0. The molecule has 0 radical (unpaired) electrons. The van der Waals surface area contributed by atoms with Crippen molar-refractivity contribution in [2.45, 2.75) is 0 Å². The molecule has 5 rings (SSSR count). The van der Waals surface area contributed by atoms with Crippen LogP contribution in [0.1, 0.15) is 5.56 Å². The van der Waals surface area contributed by atoms with Crippen LogP contribution in [-0.2, 0) is 0 Å². The Labute approximate surface area is 188 Å². The van der Waals surface area contributed by atoms with Crippen LogP contribution >= 0.6 is 0 Å². The van der Waals surface area contributed by atoms with Crippen molar-refractivity contribution in [3.05, 3.63) is 76.6 Å². The zero-order chi connectivity index (χ0) is 23.1. The Morgan fingerprint density at radius 3 is 2.15 bits per heavy atom. The number of methoxy groups -OCH3 is 2. The molecule has 8 heteroatoms. The van der Waals surface area contributed by atoms with Gasteiger partial charge in [-0.25, -0.2) is 9.31 Å². The number of benzene rings is 2. The van der Waals surface area contributed by atoms with Gasteiger partial charge < -0.3 is 19.6 Å². The lowest BCUT2D eigenvalue weighted by atomic mass is 10.0. The highest BCUT2D eigenvalue weighted by Crippen LogP contribution is 2.33. The van der Waals surface area contributed by atoms with Crippen molar-refractivity contribution >= 4 is 22.1 Å². The molecule has 2 aromatic carbocycles. The minimum atomic E-state index is -0.643. The number of rotatable bonds is 4. The van der Waals surface area contributed by atoms with Gasteiger partial charge in [-0.15, -0.1) is 0 Å². The van der Waals surface area contributed by atoms with E-state index in [1.54, 1.807) is 50.6 Å². The SMILES string of the molecule is COc1ccc(-c2cc3c(C#N)c4cc(-c5ccc(OC)cc5)oc(=O)c4c(N)n3n2)cc1. The molecule has 162 valence electrons. The lowest BCUT2D eigenvalue weighted by molar-refractivity contribution is 0.414. The van der Waals surface area contributed by atoms with Crippen LogP contribution in [0.2, 0.25) is 0 Å². The molecule has 0 atom stereocenters. The fourth-order valence-electron chi connectivity index (χ4n) is 3.84. The Hall–Kier alpha value is -4.77. The lowest BCUT2D eigenvalue weighted by Gasteiger charge is -2.09. The first-order chi connectivity index (χ1) is 16.0. The fourth-order valence-corrected chi connectivity index (χ4v) is 3.84. The number of ether oxygens (including phenoxy) is 2. The van der Waals surface area contributed by atoms with Crippen molar-refractivity contribution in [1.82, 2.24) is 9.61 Å². The second kappa shape index (κ2) is 7.73. The fraction of sp³-hybridized carbons (Fsp3) is 0.0800. The van der Waals surface area contributed by atoms with Crippen LogP contribution in [0.3, 0.4) is 0 Å². The van der Waals surface area contributed by atoms with E-state index in [2.05, 4.69) is 11.2 Å². The van der Waals surface area contributed by atoms with Crippen molar-refractivity contribution in [3.63, 3.8) is 0 Å². The smallest absolute Gasteiger partial charge is 0.347 e. The largest absolute Gasteiger partial charge is 0.497 e. The Bertz CT molecular complexity index is 1610. The summed E-state index contributed by atoms with van der Waals surface area (Å²) in [5.74, 6) is 1.82. The highest BCUT2D eigenvalue weighted by atomic mass is 16.5. The monoisotopic (exact) mass is 438 g/mol. The molecular formula is C25H18N4O4. The van der Waals surface area contributed by atoms with Crippen molar-refractivity contribution in [2.75, 3.05) is 20.0 Å². The van der Waals surface area contributed by atoms with Gasteiger partial charge in [0.1, 0.15) is 34.5 Å². The molecule has 0 bridgehead atoms. The third-order valence-corrected chi connectivity index (χ3v) is 5.54. The van der Waals surface area contributed by atoms with Crippen LogP contribution in [-0.4, -0.2) is 23.8 Å². The molecule has 5 aromatic rings. The average molecular weight is 438 g/mol. The van der Waals surface area contributed by atoms with E-state index in [0.717, 1.165) is 5.56 Å². The zero-order valence-electron chi connectivity index (χ0n) is 17.8. The lowest BCUT2D eigenvalue weighted by Crippen LogP contribution is -2.10.